The highest BCUT2D eigenvalue weighted by Crippen LogP contribution is 2.43. The summed E-state index contributed by atoms with van der Waals surface area (Å²) in [7, 11) is 1.69. The van der Waals surface area contributed by atoms with Gasteiger partial charge in [0, 0.05) is 64.3 Å². The van der Waals surface area contributed by atoms with Gasteiger partial charge >= 0.3 is 5.69 Å². The summed E-state index contributed by atoms with van der Waals surface area (Å²) in [5.74, 6) is -0.521. The van der Waals surface area contributed by atoms with E-state index in [9.17, 15) is 28.0 Å². The average Bonchev–Trinajstić information content (AvgIpc) is 3.99. The summed E-state index contributed by atoms with van der Waals surface area (Å²) in [5.41, 5.74) is 0.459. The van der Waals surface area contributed by atoms with Crippen LogP contribution < -0.4 is 27.0 Å². The number of nitrogens with one attached hydrogen (secondary N) is 6. The number of carbonyl (C=O) groups is 3. The zero-order valence-corrected chi connectivity index (χ0v) is 36.2. The predicted molar refractivity (Wildman–Crippen MR) is 234 cm³/mol. The van der Waals surface area contributed by atoms with Crippen LogP contribution in [-0.2, 0) is 30.9 Å². The number of amidine groups is 1. The van der Waals surface area contributed by atoms with Crippen molar-refractivity contribution in [1.29, 1.82) is 10.8 Å². The summed E-state index contributed by atoms with van der Waals surface area (Å²) in [6.07, 6.45) is 7.04. The first-order chi connectivity index (χ1) is 31.3. The Morgan fingerprint density at radius 1 is 1.09 bits per heavy atom. The molecule has 2 aromatic rings. The third-order valence-electron chi connectivity index (χ3n) is 14.2. The highest BCUT2D eigenvalue weighted by atomic mass is 19.3. The molecule has 348 valence electrons. The van der Waals surface area contributed by atoms with Crippen LogP contribution >= 0.6 is 0 Å². The van der Waals surface area contributed by atoms with Gasteiger partial charge in [-0.15, -0.1) is 0 Å². The SMILES string of the molecule is Cn1c(=O)n(C2CCC(=O)NC2=O)c2cccc([C@H]3C[C@H](O[C@@H]4CCN(C[C@H]5CC[C@H](N/C=C(\NC(=O)/C(C=N)=C6\N=C(N7C[C@H]8C[C@@H]7CO8)C=CN6)C(=N)C(F)F)CC5)C[C@@H]4F)C3)c21. The van der Waals surface area contributed by atoms with E-state index in [1.807, 2.05) is 18.2 Å². The number of ether oxygens (including phenoxy) is 2. The number of piperidine rings is 2. The number of rotatable bonds is 13. The normalized spacial score (nSPS) is 31.3. The first-order valence-electron chi connectivity index (χ1n) is 22.7. The third kappa shape index (κ3) is 9.16. The number of nitrogens with zero attached hydrogens (tertiary/aromatic N) is 5. The van der Waals surface area contributed by atoms with Crippen molar-refractivity contribution >= 4 is 46.5 Å². The standard InChI is InChI=1S/C45H56F3N11O6/c1-56-40-30(3-2-4-34(40)59(45(56)63)35-9-10-38(60)55-44(35)62)25-15-28(16-25)65-36-12-14-57(22-32(36)46)20-24-5-7-26(8-6-24)52-19-33(39(50)41(47)48)53-43(61)31(18-49)42-51-13-11-37(54-42)58-21-29-17-27(58)23-64-29/h2-4,11,13,18-19,24-29,32,35-36,41,49-52H,5-10,12,14-17,20-23H2,1H3,(H,53,61)(H,55,60,62)/b33-19-,42-31-,49-18?,50-39?/t24-,25-,26-,27-,28-,29-,32+,35?,36-/m1/s1. The van der Waals surface area contributed by atoms with Gasteiger partial charge in [-0.05, 0) is 87.3 Å². The summed E-state index contributed by atoms with van der Waals surface area (Å²) in [5, 5.41) is 26.8. The fourth-order valence-corrected chi connectivity index (χ4v) is 10.6. The van der Waals surface area contributed by atoms with E-state index in [4.69, 9.17) is 20.3 Å². The van der Waals surface area contributed by atoms with Crippen molar-refractivity contribution in [2.24, 2.45) is 18.0 Å². The Labute approximate surface area is 373 Å². The van der Waals surface area contributed by atoms with Crippen molar-refractivity contribution in [3.05, 3.63) is 69.8 Å². The fraction of sp³-hybridized carbons (Fsp3) is 0.578. The fourth-order valence-electron chi connectivity index (χ4n) is 10.6. The number of amides is 3. The summed E-state index contributed by atoms with van der Waals surface area (Å²) < 4.78 is 58.4. The number of imide groups is 1. The Kier molecular flexibility index (Phi) is 12.8. The molecule has 5 aliphatic heterocycles. The Morgan fingerprint density at radius 2 is 1.89 bits per heavy atom. The van der Waals surface area contributed by atoms with Gasteiger partial charge in [0.25, 0.3) is 12.3 Å². The van der Waals surface area contributed by atoms with Gasteiger partial charge in [0.2, 0.25) is 11.8 Å². The van der Waals surface area contributed by atoms with E-state index in [0.717, 1.165) is 55.9 Å². The van der Waals surface area contributed by atoms with Gasteiger partial charge in [-0.2, -0.15) is 0 Å². The summed E-state index contributed by atoms with van der Waals surface area (Å²) in [4.78, 5) is 60.0. The molecule has 2 saturated carbocycles. The van der Waals surface area contributed by atoms with E-state index in [-0.39, 0.29) is 78.3 Å². The second kappa shape index (κ2) is 18.7. The number of halogens is 3. The molecule has 3 amide bonds. The lowest BCUT2D eigenvalue weighted by Crippen LogP contribution is -2.49. The Morgan fingerprint density at radius 3 is 2.58 bits per heavy atom. The molecule has 1 unspecified atom stereocenters. The molecule has 65 heavy (non-hydrogen) atoms. The molecule has 17 nitrogen and oxygen atoms in total. The predicted octanol–water partition coefficient (Wildman–Crippen LogP) is 3.23. The van der Waals surface area contributed by atoms with Crippen LogP contribution in [0.1, 0.15) is 81.7 Å². The highest BCUT2D eigenvalue weighted by molar-refractivity contribution is 6.15. The zero-order valence-electron chi connectivity index (χ0n) is 36.2. The third-order valence-corrected chi connectivity index (χ3v) is 14.2. The molecule has 0 spiro atoms. The second-order valence-corrected chi connectivity index (χ2v) is 18.4. The number of fused-ring (bicyclic) bond motifs is 3. The molecule has 5 atom stereocenters. The number of allylic oxidation sites excluding steroid dienone is 1. The quantitative estimate of drug-likeness (QED) is 0.0982. The number of aryl methyl sites for hydroxylation is 1. The van der Waals surface area contributed by atoms with Crippen molar-refractivity contribution in [2.45, 2.75) is 119 Å². The van der Waals surface area contributed by atoms with Gasteiger partial charge in [-0.25, -0.2) is 23.0 Å². The minimum atomic E-state index is -3.14. The van der Waals surface area contributed by atoms with E-state index >= 15 is 4.39 Å². The number of aromatic nitrogens is 2. The lowest BCUT2D eigenvalue weighted by molar-refractivity contribution is -0.135. The number of benzene rings is 1. The van der Waals surface area contributed by atoms with Crippen LogP contribution in [0.4, 0.5) is 13.2 Å². The van der Waals surface area contributed by atoms with Gasteiger partial charge in [-0.1, -0.05) is 12.1 Å². The number of para-hydroxylation sites is 1. The Hall–Kier alpha value is -5.60. The molecule has 6 heterocycles. The number of carbonyl (C=O) groups excluding carboxylic acids is 3. The molecule has 6 N–H and O–H groups in total. The molecule has 20 heteroatoms. The van der Waals surface area contributed by atoms with Crippen LogP contribution in [0.3, 0.4) is 0 Å². The van der Waals surface area contributed by atoms with Crippen LogP contribution in [0, 0.1) is 16.7 Å². The van der Waals surface area contributed by atoms with Gasteiger partial charge in [0.15, 0.2) is 0 Å². The molecule has 1 aromatic carbocycles. The first kappa shape index (κ1) is 44.6. The van der Waals surface area contributed by atoms with Gasteiger partial charge < -0.3 is 35.7 Å². The molecule has 6 fully saturated rings. The van der Waals surface area contributed by atoms with E-state index < -0.39 is 42.3 Å². The van der Waals surface area contributed by atoms with Crippen molar-refractivity contribution in [2.75, 3.05) is 32.8 Å². The van der Waals surface area contributed by atoms with Crippen molar-refractivity contribution in [3.8, 4) is 0 Å². The van der Waals surface area contributed by atoms with Crippen LogP contribution in [0.5, 0.6) is 0 Å². The van der Waals surface area contributed by atoms with Crippen LogP contribution in [0.25, 0.3) is 11.0 Å². The number of morpholine rings is 1. The smallest absolute Gasteiger partial charge is 0.329 e. The van der Waals surface area contributed by atoms with E-state index in [1.165, 1.54) is 10.8 Å². The highest BCUT2D eigenvalue weighted by Gasteiger charge is 2.42. The molecule has 2 bridgehead atoms. The lowest BCUT2D eigenvalue weighted by Gasteiger charge is -2.42. The number of alkyl halides is 3. The molecule has 2 aliphatic carbocycles. The Bertz CT molecular complexity index is 2420. The summed E-state index contributed by atoms with van der Waals surface area (Å²) in [6, 6.07) is 5.03. The summed E-state index contributed by atoms with van der Waals surface area (Å²) in [6.45, 7) is 2.96. The Balaban J connectivity index is 0.736. The van der Waals surface area contributed by atoms with Gasteiger partial charge in [-0.3, -0.25) is 39.1 Å². The number of likely N-dealkylation sites (tertiary alicyclic amines) is 2. The molecular formula is C45H56F3N11O6. The van der Waals surface area contributed by atoms with Crippen molar-refractivity contribution < 1.29 is 37.0 Å². The second-order valence-electron chi connectivity index (χ2n) is 18.4. The van der Waals surface area contributed by atoms with E-state index in [2.05, 4.69) is 36.1 Å². The largest absolute Gasteiger partial charge is 0.386 e. The topological polar surface area (TPSA) is 211 Å². The number of imidazole rings is 1. The minimum absolute atomic E-state index is 0.0808. The van der Waals surface area contributed by atoms with Crippen molar-refractivity contribution in [3.63, 3.8) is 0 Å². The molecule has 4 saturated heterocycles. The van der Waals surface area contributed by atoms with E-state index in [1.54, 1.807) is 23.9 Å². The maximum absolute atomic E-state index is 15.7. The lowest BCUT2D eigenvalue weighted by atomic mass is 9.76. The maximum atomic E-state index is 15.7. The number of hydrogen-bond donors (Lipinski definition) is 6. The first-order valence-corrected chi connectivity index (χ1v) is 22.7. The molecule has 1 aromatic heterocycles. The van der Waals surface area contributed by atoms with Crippen LogP contribution in [-0.4, -0.2) is 130 Å². The number of hydrogen-bond acceptors (Lipinski definition) is 13. The number of aliphatic imine (C=N–C) groups is 1. The molecule has 0 radical (unpaired) electrons. The summed E-state index contributed by atoms with van der Waals surface area (Å²) >= 11 is 0. The maximum Gasteiger partial charge on any atom is 0.329 e. The van der Waals surface area contributed by atoms with E-state index in [0.29, 0.717) is 56.2 Å². The zero-order chi connectivity index (χ0) is 45.5. The minimum Gasteiger partial charge on any atom is -0.386 e. The average molecular weight is 904 g/mol. The monoisotopic (exact) mass is 903 g/mol. The van der Waals surface area contributed by atoms with Crippen LogP contribution in [0.15, 0.2) is 63.6 Å². The van der Waals surface area contributed by atoms with Gasteiger partial charge in [0.1, 0.15) is 29.6 Å². The molecular weight excluding hydrogens is 848 g/mol. The van der Waals surface area contributed by atoms with Crippen LogP contribution in [0.2, 0.25) is 0 Å². The molecule has 7 aliphatic rings. The van der Waals surface area contributed by atoms with Crippen molar-refractivity contribution in [1.82, 2.24) is 40.2 Å². The molecule has 9 rings (SSSR count). The van der Waals surface area contributed by atoms with Gasteiger partial charge in [0.05, 0.1) is 53.3 Å².